The number of aromatic nitrogens is 1. The van der Waals surface area contributed by atoms with Gasteiger partial charge in [0.15, 0.2) is 5.13 Å². The van der Waals surface area contributed by atoms with Gasteiger partial charge in [0.1, 0.15) is 0 Å². The minimum absolute atomic E-state index is 0.753. The Morgan fingerprint density at radius 3 is 2.75 bits per heavy atom. The molecule has 1 aromatic heterocycles. The van der Waals surface area contributed by atoms with Gasteiger partial charge in [-0.2, -0.15) is 0 Å². The molecule has 0 saturated heterocycles. The van der Waals surface area contributed by atoms with Crippen LogP contribution in [0.25, 0.3) is 0 Å². The van der Waals surface area contributed by atoms with Crippen molar-refractivity contribution in [2.75, 3.05) is 18.5 Å². The molecule has 0 bridgehead atoms. The molecule has 1 heterocycles. The monoisotopic (exact) mass is 239 g/mol. The first-order valence-electron chi connectivity index (χ1n) is 6.18. The summed E-state index contributed by atoms with van der Waals surface area (Å²) in [7, 11) is 2.17. The fourth-order valence-electron chi connectivity index (χ4n) is 1.79. The molecule has 90 valence electrons. The Kier molecular flexibility index (Phi) is 3.82. The van der Waals surface area contributed by atoms with Crippen LogP contribution in [-0.2, 0) is 13.0 Å². The van der Waals surface area contributed by atoms with E-state index in [1.165, 1.54) is 28.5 Å². The summed E-state index contributed by atoms with van der Waals surface area (Å²) in [6.07, 6.45) is 3.70. The normalized spacial score (nSPS) is 15.4. The summed E-state index contributed by atoms with van der Waals surface area (Å²) in [5, 5.41) is 4.59. The molecule has 0 aromatic carbocycles. The molecule has 0 aliphatic heterocycles. The Morgan fingerprint density at radius 1 is 1.44 bits per heavy atom. The van der Waals surface area contributed by atoms with E-state index < -0.39 is 0 Å². The summed E-state index contributed by atoms with van der Waals surface area (Å²) in [5.41, 5.74) is 1.27. The lowest BCUT2D eigenvalue weighted by atomic mass is 10.3. The third-order valence-corrected chi connectivity index (χ3v) is 4.22. The van der Waals surface area contributed by atoms with Gasteiger partial charge in [-0.05, 0) is 25.8 Å². The van der Waals surface area contributed by atoms with Crippen molar-refractivity contribution < 1.29 is 0 Å². The summed E-state index contributed by atoms with van der Waals surface area (Å²) in [5.74, 6) is 0. The summed E-state index contributed by atoms with van der Waals surface area (Å²) in [6.45, 7) is 6.32. The third kappa shape index (κ3) is 2.55. The second-order valence-electron chi connectivity index (χ2n) is 4.34. The summed E-state index contributed by atoms with van der Waals surface area (Å²) in [6, 6.07) is 0.753. The van der Waals surface area contributed by atoms with E-state index in [0.29, 0.717) is 0 Å². The molecule has 1 N–H and O–H groups in total. The van der Waals surface area contributed by atoms with E-state index >= 15 is 0 Å². The first kappa shape index (κ1) is 11.9. The zero-order chi connectivity index (χ0) is 11.5. The number of aryl methyl sites for hydroxylation is 1. The molecule has 0 radical (unpaired) electrons. The predicted octanol–water partition coefficient (Wildman–Crippen LogP) is 2.41. The molecule has 1 aromatic rings. The fourth-order valence-corrected chi connectivity index (χ4v) is 2.94. The van der Waals surface area contributed by atoms with Crippen LogP contribution in [0.5, 0.6) is 0 Å². The number of rotatable bonds is 6. The Morgan fingerprint density at radius 2 is 2.19 bits per heavy atom. The summed E-state index contributed by atoms with van der Waals surface area (Å²) in [4.78, 5) is 8.50. The van der Waals surface area contributed by atoms with Crippen molar-refractivity contribution in [2.24, 2.45) is 0 Å². The molecule has 0 atom stereocenters. The first-order chi connectivity index (χ1) is 7.76. The van der Waals surface area contributed by atoms with E-state index in [4.69, 9.17) is 4.98 Å². The van der Waals surface area contributed by atoms with E-state index in [0.717, 1.165) is 25.6 Å². The average Bonchev–Trinajstić information content (AvgIpc) is 3.06. The maximum atomic E-state index is 4.75. The predicted molar refractivity (Wildman–Crippen MR) is 70.3 cm³/mol. The highest BCUT2D eigenvalue weighted by Gasteiger charge is 2.28. The largest absolute Gasteiger partial charge is 0.348 e. The molecule has 1 aliphatic carbocycles. The van der Waals surface area contributed by atoms with Gasteiger partial charge in [-0.25, -0.2) is 4.98 Å². The lowest BCUT2D eigenvalue weighted by molar-refractivity contribution is 0.727. The summed E-state index contributed by atoms with van der Waals surface area (Å²) >= 11 is 1.85. The van der Waals surface area contributed by atoms with Crippen molar-refractivity contribution in [3.05, 3.63) is 10.6 Å². The van der Waals surface area contributed by atoms with Crippen LogP contribution >= 0.6 is 11.3 Å². The molecule has 0 unspecified atom stereocenters. The van der Waals surface area contributed by atoms with Crippen LogP contribution in [0.3, 0.4) is 0 Å². The highest BCUT2D eigenvalue weighted by atomic mass is 32.1. The second kappa shape index (κ2) is 5.15. The highest BCUT2D eigenvalue weighted by molar-refractivity contribution is 7.15. The first-order valence-corrected chi connectivity index (χ1v) is 7.00. The third-order valence-electron chi connectivity index (χ3n) is 3.03. The van der Waals surface area contributed by atoms with Crippen molar-refractivity contribution in [1.29, 1.82) is 0 Å². The van der Waals surface area contributed by atoms with Crippen LogP contribution in [-0.4, -0.2) is 24.6 Å². The van der Waals surface area contributed by atoms with E-state index in [-0.39, 0.29) is 0 Å². The van der Waals surface area contributed by atoms with Gasteiger partial charge in [-0.1, -0.05) is 13.8 Å². The van der Waals surface area contributed by atoms with E-state index in [1.54, 1.807) is 0 Å². The number of anilines is 1. The molecule has 4 heteroatoms. The molecule has 1 fully saturated rings. The van der Waals surface area contributed by atoms with Crippen LogP contribution < -0.4 is 10.2 Å². The van der Waals surface area contributed by atoms with E-state index in [9.17, 15) is 0 Å². The lowest BCUT2D eigenvalue weighted by Crippen LogP contribution is -2.18. The minimum atomic E-state index is 0.753. The van der Waals surface area contributed by atoms with Gasteiger partial charge < -0.3 is 10.2 Å². The van der Waals surface area contributed by atoms with Crippen molar-refractivity contribution in [3.8, 4) is 0 Å². The van der Waals surface area contributed by atoms with Crippen molar-refractivity contribution >= 4 is 16.5 Å². The lowest BCUT2D eigenvalue weighted by Gasteiger charge is -2.13. The van der Waals surface area contributed by atoms with Crippen LogP contribution in [0.1, 0.15) is 37.3 Å². The van der Waals surface area contributed by atoms with E-state index in [1.807, 2.05) is 11.3 Å². The number of thiazole rings is 1. The Balaban J connectivity index is 2.10. The maximum Gasteiger partial charge on any atom is 0.185 e. The molecule has 0 spiro atoms. The van der Waals surface area contributed by atoms with Crippen molar-refractivity contribution in [1.82, 2.24) is 10.3 Å². The van der Waals surface area contributed by atoms with Crippen molar-refractivity contribution in [2.45, 2.75) is 45.7 Å². The van der Waals surface area contributed by atoms with Crippen LogP contribution in [0.15, 0.2) is 0 Å². The van der Waals surface area contributed by atoms with Gasteiger partial charge >= 0.3 is 0 Å². The van der Waals surface area contributed by atoms with Crippen LogP contribution in [0, 0.1) is 0 Å². The topological polar surface area (TPSA) is 28.2 Å². The zero-order valence-electron chi connectivity index (χ0n) is 10.4. The van der Waals surface area contributed by atoms with E-state index in [2.05, 4.69) is 31.1 Å². The number of hydrogen-bond donors (Lipinski definition) is 1. The number of nitrogens with zero attached hydrogens (tertiary/aromatic N) is 2. The van der Waals surface area contributed by atoms with Gasteiger partial charge in [-0.15, -0.1) is 11.3 Å². The average molecular weight is 239 g/mol. The Hall–Kier alpha value is -0.610. The van der Waals surface area contributed by atoms with Gasteiger partial charge in [0.2, 0.25) is 0 Å². The molecular weight excluding hydrogens is 218 g/mol. The fraction of sp³-hybridized carbons (Fsp3) is 0.750. The highest BCUT2D eigenvalue weighted by Crippen LogP contribution is 2.34. The molecule has 0 amide bonds. The zero-order valence-corrected chi connectivity index (χ0v) is 11.2. The van der Waals surface area contributed by atoms with Gasteiger partial charge in [-0.3, -0.25) is 0 Å². The quantitative estimate of drug-likeness (QED) is 0.826. The molecule has 16 heavy (non-hydrogen) atoms. The van der Waals surface area contributed by atoms with Gasteiger partial charge in [0, 0.05) is 24.5 Å². The SMILES string of the molecule is CCNCc1sc(N(C)C2CC2)nc1CC. The smallest absolute Gasteiger partial charge is 0.185 e. The second-order valence-corrected chi connectivity index (χ2v) is 5.40. The van der Waals surface area contributed by atoms with Gasteiger partial charge in [0.25, 0.3) is 0 Å². The molecule has 2 rings (SSSR count). The Bertz CT molecular complexity index is 344. The number of hydrogen-bond acceptors (Lipinski definition) is 4. The molecule has 1 aliphatic rings. The molecule has 3 nitrogen and oxygen atoms in total. The van der Waals surface area contributed by atoms with Crippen molar-refractivity contribution in [3.63, 3.8) is 0 Å². The summed E-state index contributed by atoms with van der Waals surface area (Å²) < 4.78 is 0. The number of nitrogens with one attached hydrogen (secondary N) is 1. The van der Waals surface area contributed by atoms with Crippen LogP contribution in [0.2, 0.25) is 0 Å². The maximum absolute atomic E-state index is 4.75. The van der Waals surface area contributed by atoms with Gasteiger partial charge in [0.05, 0.1) is 5.69 Å². The molecule has 1 saturated carbocycles. The Labute approximate surface area is 102 Å². The van der Waals surface area contributed by atoms with Crippen LogP contribution in [0.4, 0.5) is 5.13 Å². The minimum Gasteiger partial charge on any atom is -0.348 e. The standard InChI is InChI=1S/C12H21N3S/c1-4-10-11(8-13-5-2)16-12(14-10)15(3)9-6-7-9/h9,13H,4-8H2,1-3H3. The molecular formula is C12H21N3S.